The summed E-state index contributed by atoms with van der Waals surface area (Å²) in [5.74, 6) is 1.02. The summed E-state index contributed by atoms with van der Waals surface area (Å²) in [6, 6.07) is 5.79. The van der Waals surface area contributed by atoms with Gasteiger partial charge in [-0.15, -0.1) is 11.3 Å². The van der Waals surface area contributed by atoms with Gasteiger partial charge in [0.25, 0.3) is 0 Å². The molecule has 0 radical (unpaired) electrons. The SMILES string of the molecule is COc1ccc2c(c1)/C(=C/c1sc(=S)n(CCCN3CCOCC3)c1O)C=N2. The largest absolute Gasteiger partial charge is 0.497 e. The molecular weight excluding hydrogens is 394 g/mol. The van der Waals surface area contributed by atoms with Gasteiger partial charge in [0.05, 0.1) is 30.9 Å². The summed E-state index contributed by atoms with van der Waals surface area (Å²) >= 11 is 6.92. The Morgan fingerprint density at radius 3 is 2.93 bits per heavy atom. The summed E-state index contributed by atoms with van der Waals surface area (Å²) in [7, 11) is 1.65. The number of aromatic nitrogens is 1. The van der Waals surface area contributed by atoms with Crippen molar-refractivity contribution >= 4 is 47.1 Å². The zero-order valence-electron chi connectivity index (χ0n) is 15.8. The fourth-order valence-electron chi connectivity index (χ4n) is 3.43. The van der Waals surface area contributed by atoms with E-state index in [1.165, 1.54) is 11.3 Å². The summed E-state index contributed by atoms with van der Waals surface area (Å²) in [6.07, 6.45) is 4.70. The molecule has 1 N–H and O–H groups in total. The highest BCUT2D eigenvalue weighted by Gasteiger charge is 2.17. The third kappa shape index (κ3) is 4.05. The van der Waals surface area contributed by atoms with Crippen LogP contribution < -0.4 is 4.74 Å². The van der Waals surface area contributed by atoms with Gasteiger partial charge in [-0.3, -0.25) is 14.5 Å². The topological polar surface area (TPSA) is 59.2 Å². The molecule has 28 heavy (non-hydrogen) atoms. The summed E-state index contributed by atoms with van der Waals surface area (Å²) in [6.45, 7) is 5.24. The lowest BCUT2D eigenvalue weighted by Crippen LogP contribution is -2.37. The molecule has 1 aromatic heterocycles. The molecule has 1 aromatic carbocycles. The van der Waals surface area contributed by atoms with Crippen molar-refractivity contribution in [1.29, 1.82) is 0 Å². The number of rotatable bonds is 6. The Hall–Kier alpha value is -2.00. The van der Waals surface area contributed by atoms with E-state index in [2.05, 4.69) is 9.89 Å². The van der Waals surface area contributed by atoms with E-state index in [4.69, 9.17) is 21.7 Å². The van der Waals surface area contributed by atoms with Crippen LogP contribution in [0.25, 0.3) is 11.6 Å². The van der Waals surface area contributed by atoms with Crippen LogP contribution in [-0.4, -0.2) is 60.7 Å². The van der Waals surface area contributed by atoms with Crippen molar-refractivity contribution in [3.8, 4) is 11.6 Å². The lowest BCUT2D eigenvalue weighted by atomic mass is 10.1. The monoisotopic (exact) mass is 417 g/mol. The van der Waals surface area contributed by atoms with E-state index in [1.54, 1.807) is 7.11 Å². The first-order chi connectivity index (χ1) is 13.7. The maximum Gasteiger partial charge on any atom is 0.210 e. The first-order valence-electron chi connectivity index (χ1n) is 9.32. The number of allylic oxidation sites excluding steroid dienone is 1. The van der Waals surface area contributed by atoms with Gasteiger partial charge >= 0.3 is 0 Å². The van der Waals surface area contributed by atoms with Gasteiger partial charge in [0, 0.05) is 43.5 Å². The Labute approximate surface area is 173 Å². The molecular formula is C20H23N3O3S2. The minimum atomic E-state index is 0.231. The minimum Gasteiger partial charge on any atom is -0.497 e. The molecule has 0 aliphatic carbocycles. The van der Waals surface area contributed by atoms with Crippen LogP contribution in [-0.2, 0) is 11.3 Å². The van der Waals surface area contributed by atoms with Crippen LogP contribution in [0.5, 0.6) is 11.6 Å². The summed E-state index contributed by atoms with van der Waals surface area (Å²) in [5.41, 5.74) is 2.85. The average molecular weight is 418 g/mol. The molecule has 148 valence electrons. The Bertz CT molecular complexity index is 972. The molecule has 2 aromatic rings. The lowest BCUT2D eigenvalue weighted by molar-refractivity contribution is 0.0368. The third-order valence-corrected chi connectivity index (χ3v) is 6.38. The first kappa shape index (κ1) is 19.3. The fraction of sp³-hybridized carbons (Fsp3) is 0.400. The van der Waals surface area contributed by atoms with Crippen LogP contribution in [0.4, 0.5) is 5.69 Å². The van der Waals surface area contributed by atoms with Crippen LogP contribution in [0.15, 0.2) is 23.2 Å². The molecule has 0 amide bonds. The number of thiazole rings is 1. The van der Waals surface area contributed by atoms with Crippen molar-refractivity contribution in [2.75, 3.05) is 40.0 Å². The van der Waals surface area contributed by atoms with Crippen LogP contribution in [0, 0.1) is 3.95 Å². The number of morpholine rings is 1. The molecule has 1 saturated heterocycles. The molecule has 0 spiro atoms. The highest BCUT2D eigenvalue weighted by molar-refractivity contribution is 7.73. The molecule has 6 nitrogen and oxygen atoms in total. The Morgan fingerprint density at radius 2 is 2.14 bits per heavy atom. The Kier molecular flexibility index (Phi) is 5.91. The number of methoxy groups -OCH3 is 1. The number of nitrogens with zero attached hydrogens (tertiary/aromatic N) is 3. The second kappa shape index (κ2) is 8.57. The molecule has 2 aliphatic rings. The van der Waals surface area contributed by atoms with E-state index in [-0.39, 0.29) is 5.88 Å². The van der Waals surface area contributed by atoms with Gasteiger partial charge in [0.15, 0.2) is 3.95 Å². The van der Waals surface area contributed by atoms with Gasteiger partial charge in [0.1, 0.15) is 5.75 Å². The van der Waals surface area contributed by atoms with Gasteiger partial charge in [-0.2, -0.15) is 0 Å². The molecule has 0 saturated carbocycles. The summed E-state index contributed by atoms with van der Waals surface area (Å²) in [5, 5.41) is 10.7. The molecule has 2 aliphatic heterocycles. The summed E-state index contributed by atoms with van der Waals surface area (Å²) < 4.78 is 13.2. The van der Waals surface area contributed by atoms with Crippen molar-refractivity contribution in [3.05, 3.63) is 32.6 Å². The number of aliphatic imine (C=N–C) groups is 1. The number of hydrogen-bond donors (Lipinski definition) is 1. The maximum atomic E-state index is 10.7. The molecule has 1 fully saturated rings. The standard InChI is InChI=1S/C20H23N3O3S2/c1-25-15-3-4-17-16(12-15)14(13-21-17)11-18-19(24)23(20(27)28-18)6-2-5-22-7-9-26-10-8-22/h3-4,11-13,24H,2,5-10H2,1H3/b14-11+. The Balaban J connectivity index is 1.50. The van der Waals surface area contributed by atoms with Crippen molar-refractivity contribution in [2.24, 2.45) is 4.99 Å². The van der Waals surface area contributed by atoms with E-state index in [1.807, 2.05) is 35.1 Å². The number of aromatic hydroxyl groups is 1. The van der Waals surface area contributed by atoms with Gasteiger partial charge in [-0.05, 0) is 42.9 Å². The smallest absolute Gasteiger partial charge is 0.210 e. The molecule has 0 unspecified atom stereocenters. The van der Waals surface area contributed by atoms with Gasteiger partial charge < -0.3 is 14.6 Å². The Morgan fingerprint density at radius 1 is 1.32 bits per heavy atom. The van der Waals surface area contributed by atoms with Crippen LogP contribution in [0.1, 0.15) is 16.9 Å². The average Bonchev–Trinajstić information content (AvgIpc) is 3.24. The summed E-state index contributed by atoms with van der Waals surface area (Å²) in [4.78, 5) is 7.58. The number of fused-ring (bicyclic) bond motifs is 1. The maximum absolute atomic E-state index is 10.7. The fourth-order valence-corrected chi connectivity index (χ4v) is 4.74. The van der Waals surface area contributed by atoms with E-state index in [0.29, 0.717) is 10.5 Å². The van der Waals surface area contributed by atoms with Gasteiger partial charge in [0.2, 0.25) is 5.88 Å². The molecule has 4 rings (SSSR count). The second-order valence-electron chi connectivity index (χ2n) is 6.76. The van der Waals surface area contributed by atoms with Gasteiger partial charge in [-0.1, -0.05) is 0 Å². The quantitative estimate of drug-likeness (QED) is 0.721. The number of benzene rings is 1. The van der Waals surface area contributed by atoms with Crippen LogP contribution in [0.2, 0.25) is 0 Å². The zero-order valence-corrected chi connectivity index (χ0v) is 17.4. The van der Waals surface area contributed by atoms with Crippen molar-refractivity contribution < 1.29 is 14.6 Å². The zero-order chi connectivity index (χ0) is 19.5. The van der Waals surface area contributed by atoms with Crippen molar-refractivity contribution in [3.63, 3.8) is 0 Å². The van der Waals surface area contributed by atoms with Crippen molar-refractivity contribution in [2.45, 2.75) is 13.0 Å². The van der Waals surface area contributed by atoms with E-state index in [0.717, 1.165) is 66.7 Å². The minimum absolute atomic E-state index is 0.231. The number of ether oxygens (including phenoxy) is 2. The second-order valence-corrected chi connectivity index (χ2v) is 8.43. The highest BCUT2D eigenvalue weighted by Crippen LogP contribution is 2.37. The predicted molar refractivity (Wildman–Crippen MR) is 116 cm³/mol. The van der Waals surface area contributed by atoms with Crippen molar-refractivity contribution in [1.82, 2.24) is 9.47 Å². The number of hydrogen-bond acceptors (Lipinski definition) is 7. The molecule has 0 atom stereocenters. The van der Waals surface area contributed by atoms with Gasteiger partial charge in [-0.25, -0.2) is 0 Å². The molecule has 0 bridgehead atoms. The highest BCUT2D eigenvalue weighted by atomic mass is 32.1. The first-order valence-corrected chi connectivity index (χ1v) is 10.5. The van der Waals surface area contributed by atoms with E-state index < -0.39 is 0 Å². The van der Waals surface area contributed by atoms with E-state index in [9.17, 15) is 5.11 Å². The third-order valence-electron chi connectivity index (χ3n) is 5.00. The van der Waals surface area contributed by atoms with Crippen LogP contribution >= 0.6 is 23.6 Å². The van der Waals surface area contributed by atoms with Crippen LogP contribution in [0.3, 0.4) is 0 Å². The normalized spacial score (nSPS) is 18.0. The lowest BCUT2D eigenvalue weighted by Gasteiger charge is -2.26. The molecule has 8 heteroatoms. The predicted octanol–water partition coefficient (Wildman–Crippen LogP) is 3.97. The van der Waals surface area contributed by atoms with E-state index >= 15 is 0 Å². The molecule has 3 heterocycles.